The van der Waals surface area contributed by atoms with Crippen LogP contribution in [-0.4, -0.2) is 50.6 Å². The third-order valence-corrected chi connectivity index (χ3v) is 4.18. The summed E-state index contributed by atoms with van der Waals surface area (Å²) in [6.07, 6.45) is 0.852. The Balaban J connectivity index is 1.70. The molecule has 3 rings (SSSR count). The number of hydrogen-bond acceptors (Lipinski definition) is 4. The minimum atomic E-state index is -0.344. The van der Waals surface area contributed by atoms with Crippen molar-refractivity contribution in [2.45, 2.75) is 6.42 Å². The molecule has 0 saturated carbocycles. The molecular weight excluding hydrogens is 344 g/mol. The van der Waals surface area contributed by atoms with Crippen molar-refractivity contribution in [3.63, 3.8) is 0 Å². The molecule has 0 spiro atoms. The van der Waals surface area contributed by atoms with Crippen molar-refractivity contribution < 1.29 is 14.3 Å². The summed E-state index contributed by atoms with van der Waals surface area (Å²) in [5, 5.41) is 5.57. The zero-order chi connectivity index (χ0) is 19.2. The maximum Gasteiger partial charge on any atom is 0.323 e. The third-order valence-electron chi connectivity index (χ3n) is 4.18. The number of urea groups is 1. The number of anilines is 3. The van der Waals surface area contributed by atoms with Crippen molar-refractivity contribution in [3.8, 4) is 5.75 Å². The maximum absolute atomic E-state index is 12.3. The third kappa shape index (κ3) is 4.98. The summed E-state index contributed by atoms with van der Waals surface area (Å²) in [7, 11) is 4.00. The van der Waals surface area contributed by atoms with Crippen molar-refractivity contribution in [3.05, 3.63) is 48.5 Å². The lowest BCUT2D eigenvalue weighted by molar-refractivity contribution is -0.121. The van der Waals surface area contributed by atoms with Crippen LogP contribution in [0.15, 0.2) is 48.5 Å². The Hall–Kier alpha value is -3.06. The monoisotopic (exact) mass is 368 g/mol. The largest absolute Gasteiger partial charge is 0.482 e. The number of para-hydroxylation sites is 1. The Labute approximate surface area is 158 Å². The van der Waals surface area contributed by atoms with Gasteiger partial charge in [-0.05, 0) is 57.4 Å². The van der Waals surface area contributed by atoms with Crippen LogP contribution in [0.25, 0.3) is 0 Å². The van der Waals surface area contributed by atoms with E-state index in [1.54, 1.807) is 23.1 Å². The van der Waals surface area contributed by atoms with E-state index >= 15 is 0 Å². The van der Waals surface area contributed by atoms with E-state index in [2.05, 4.69) is 15.5 Å². The number of amides is 3. The van der Waals surface area contributed by atoms with Crippen LogP contribution in [-0.2, 0) is 4.79 Å². The summed E-state index contributed by atoms with van der Waals surface area (Å²) in [6.45, 7) is 1.53. The highest BCUT2D eigenvalue weighted by Crippen LogP contribution is 2.34. The fourth-order valence-electron chi connectivity index (χ4n) is 2.89. The second-order valence-corrected chi connectivity index (χ2v) is 6.62. The van der Waals surface area contributed by atoms with Crippen molar-refractivity contribution in [2.75, 3.05) is 49.3 Å². The minimum absolute atomic E-state index is 0.0379. The SMILES string of the molecule is CN(C)CCCN1C(=O)COc2ccc(NC(=O)Nc3ccccc3)cc21. The van der Waals surface area contributed by atoms with Gasteiger partial charge in [-0.25, -0.2) is 4.79 Å². The van der Waals surface area contributed by atoms with Gasteiger partial charge in [0.2, 0.25) is 0 Å². The van der Waals surface area contributed by atoms with Gasteiger partial charge in [0.15, 0.2) is 6.61 Å². The molecule has 0 bridgehead atoms. The molecule has 7 nitrogen and oxygen atoms in total. The predicted molar refractivity (Wildman–Crippen MR) is 107 cm³/mol. The maximum atomic E-state index is 12.3. The van der Waals surface area contributed by atoms with Crippen LogP contribution in [0.2, 0.25) is 0 Å². The first kappa shape index (κ1) is 18.7. The number of ether oxygens (including phenoxy) is 1. The average molecular weight is 368 g/mol. The molecule has 0 unspecified atom stereocenters. The number of fused-ring (bicyclic) bond motifs is 1. The second kappa shape index (κ2) is 8.55. The summed E-state index contributed by atoms with van der Waals surface area (Å²) in [5.41, 5.74) is 1.98. The minimum Gasteiger partial charge on any atom is -0.482 e. The lowest BCUT2D eigenvalue weighted by Gasteiger charge is -2.30. The lowest BCUT2D eigenvalue weighted by Crippen LogP contribution is -2.40. The van der Waals surface area contributed by atoms with Gasteiger partial charge in [-0.3, -0.25) is 4.79 Å². The first-order valence-corrected chi connectivity index (χ1v) is 8.88. The molecule has 1 aliphatic heterocycles. The van der Waals surface area contributed by atoms with Crippen molar-refractivity contribution >= 4 is 29.0 Å². The number of nitrogens with one attached hydrogen (secondary N) is 2. The zero-order valence-electron chi connectivity index (χ0n) is 15.6. The standard InChI is InChI=1S/C20H24N4O3/c1-23(2)11-6-12-24-17-13-16(9-10-18(17)27-14-19(24)25)22-20(26)21-15-7-4-3-5-8-15/h3-5,7-10,13H,6,11-12,14H2,1-2H3,(H2,21,22,26). The van der Waals surface area contributed by atoms with E-state index in [0.29, 0.717) is 29.4 Å². The first-order chi connectivity index (χ1) is 13.0. The lowest BCUT2D eigenvalue weighted by atomic mass is 10.2. The van der Waals surface area contributed by atoms with Gasteiger partial charge in [-0.1, -0.05) is 18.2 Å². The molecule has 0 fully saturated rings. The zero-order valence-corrected chi connectivity index (χ0v) is 15.6. The van der Waals surface area contributed by atoms with Gasteiger partial charge in [-0.15, -0.1) is 0 Å². The first-order valence-electron chi connectivity index (χ1n) is 8.88. The number of benzene rings is 2. The van der Waals surface area contributed by atoms with Gasteiger partial charge in [0.1, 0.15) is 5.75 Å². The number of hydrogen-bond donors (Lipinski definition) is 2. The molecule has 27 heavy (non-hydrogen) atoms. The van der Waals surface area contributed by atoms with Gasteiger partial charge in [0, 0.05) is 17.9 Å². The van der Waals surface area contributed by atoms with Crippen LogP contribution < -0.4 is 20.3 Å². The van der Waals surface area contributed by atoms with Crippen LogP contribution >= 0.6 is 0 Å². The number of nitrogens with zero attached hydrogens (tertiary/aromatic N) is 2. The molecule has 0 aromatic heterocycles. The summed E-state index contributed by atoms with van der Waals surface area (Å²) < 4.78 is 5.52. The molecule has 7 heteroatoms. The number of rotatable bonds is 6. The van der Waals surface area contributed by atoms with E-state index in [9.17, 15) is 9.59 Å². The van der Waals surface area contributed by atoms with E-state index in [4.69, 9.17) is 4.74 Å². The summed E-state index contributed by atoms with van der Waals surface area (Å²) in [5.74, 6) is 0.570. The molecule has 0 radical (unpaired) electrons. The Kier molecular flexibility index (Phi) is 5.93. The normalized spacial score (nSPS) is 13.1. The van der Waals surface area contributed by atoms with Crippen molar-refractivity contribution in [1.29, 1.82) is 0 Å². The highest BCUT2D eigenvalue weighted by atomic mass is 16.5. The van der Waals surface area contributed by atoms with Crippen LogP contribution in [0, 0.1) is 0 Å². The van der Waals surface area contributed by atoms with Crippen LogP contribution in [0.1, 0.15) is 6.42 Å². The van der Waals surface area contributed by atoms with Crippen LogP contribution in [0.3, 0.4) is 0 Å². The smallest absolute Gasteiger partial charge is 0.323 e. The summed E-state index contributed by atoms with van der Waals surface area (Å²) in [6, 6.07) is 14.2. The second-order valence-electron chi connectivity index (χ2n) is 6.62. The highest BCUT2D eigenvalue weighted by molar-refractivity contribution is 6.02. The fraction of sp³-hybridized carbons (Fsp3) is 0.300. The van der Waals surface area contributed by atoms with Gasteiger partial charge in [0.25, 0.3) is 5.91 Å². The van der Waals surface area contributed by atoms with Crippen molar-refractivity contribution in [1.82, 2.24) is 4.90 Å². The Morgan fingerprint density at radius 3 is 2.59 bits per heavy atom. The van der Waals surface area contributed by atoms with E-state index in [1.165, 1.54) is 0 Å². The topological polar surface area (TPSA) is 73.9 Å². The van der Waals surface area contributed by atoms with Crippen molar-refractivity contribution in [2.24, 2.45) is 0 Å². The summed E-state index contributed by atoms with van der Waals surface area (Å²) in [4.78, 5) is 28.3. The van der Waals surface area contributed by atoms with Gasteiger partial charge in [-0.2, -0.15) is 0 Å². The highest BCUT2D eigenvalue weighted by Gasteiger charge is 2.25. The molecule has 1 aliphatic rings. The van der Waals surface area contributed by atoms with E-state index in [0.717, 1.165) is 13.0 Å². The number of carbonyl (C=O) groups excluding carboxylic acids is 2. The number of carbonyl (C=O) groups is 2. The fourth-order valence-corrected chi connectivity index (χ4v) is 2.89. The molecule has 2 aromatic rings. The molecule has 0 atom stereocenters. The summed E-state index contributed by atoms with van der Waals surface area (Å²) >= 11 is 0. The van der Waals surface area contributed by atoms with Gasteiger partial charge >= 0.3 is 6.03 Å². The molecular formula is C20H24N4O3. The Bertz CT molecular complexity index is 808. The van der Waals surface area contributed by atoms with E-state index in [-0.39, 0.29) is 18.5 Å². The molecule has 3 amide bonds. The van der Waals surface area contributed by atoms with Crippen LogP contribution in [0.4, 0.5) is 21.9 Å². The van der Waals surface area contributed by atoms with Crippen LogP contribution in [0.5, 0.6) is 5.75 Å². The molecule has 0 saturated heterocycles. The van der Waals surface area contributed by atoms with E-state index in [1.807, 2.05) is 44.4 Å². The average Bonchev–Trinajstić information content (AvgIpc) is 2.64. The molecule has 142 valence electrons. The van der Waals surface area contributed by atoms with Gasteiger partial charge in [0.05, 0.1) is 5.69 Å². The molecule has 2 aromatic carbocycles. The molecule has 0 aliphatic carbocycles. The predicted octanol–water partition coefficient (Wildman–Crippen LogP) is 3.01. The quantitative estimate of drug-likeness (QED) is 0.822. The molecule has 1 heterocycles. The van der Waals surface area contributed by atoms with Gasteiger partial charge < -0.3 is 25.2 Å². The molecule has 2 N–H and O–H groups in total. The Morgan fingerprint density at radius 1 is 1.11 bits per heavy atom. The van der Waals surface area contributed by atoms with E-state index < -0.39 is 0 Å². The Morgan fingerprint density at radius 2 is 1.85 bits per heavy atom.